The van der Waals surface area contributed by atoms with Gasteiger partial charge in [-0.3, -0.25) is 4.79 Å². The molecule has 13 heavy (non-hydrogen) atoms. The highest BCUT2D eigenvalue weighted by molar-refractivity contribution is 5.84. The number of hydrogen-bond acceptors (Lipinski definition) is 2. The molecule has 1 atom stereocenters. The predicted octanol–water partition coefficient (Wildman–Crippen LogP) is 0.918. The van der Waals surface area contributed by atoms with Crippen molar-refractivity contribution < 1.29 is 9.18 Å². The Morgan fingerprint density at radius 2 is 2.00 bits per heavy atom. The molecule has 66 valence electrons. The van der Waals surface area contributed by atoms with Gasteiger partial charge in [0.25, 0.3) is 0 Å². The standard InChI is InChI=1S/C9H7FN2O/c10-7-3-1-6(2-4-7)8(5-11)9(12)13/h1-4,8H,(H2,12,13). The Labute approximate surface area is 74.6 Å². The molecule has 0 fully saturated rings. The number of nitrogens with zero attached hydrogens (tertiary/aromatic N) is 1. The Morgan fingerprint density at radius 3 is 2.38 bits per heavy atom. The maximum Gasteiger partial charge on any atom is 0.239 e. The summed E-state index contributed by atoms with van der Waals surface area (Å²) in [6.07, 6.45) is 0. The van der Waals surface area contributed by atoms with Gasteiger partial charge in [0.1, 0.15) is 11.7 Å². The quantitative estimate of drug-likeness (QED) is 0.731. The molecule has 1 rings (SSSR count). The van der Waals surface area contributed by atoms with Gasteiger partial charge in [0.05, 0.1) is 6.07 Å². The van der Waals surface area contributed by atoms with Gasteiger partial charge in [-0.2, -0.15) is 5.26 Å². The van der Waals surface area contributed by atoms with Crippen molar-refractivity contribution in [3.63, 3.8) is 0 Å². The lowest BCUT2D eigenvalue weighted by Crippen LogP contribution is -2.19. The van der Waals surface area contributed by atoms with E-state index in [4.69, 9.17) is 11.0 Å². The van der Waals surface area contributed by atoms with Crippen molar-refractivity contribution in [2.45, 2.75) is 5.92 Å². The summed E-state index contributed by atoms with van der Waals surface area (Å²) in [4.78, 5) is 10.7. The minimum absolute atomic E-state index is 0.412. The smallest absolute Gasteiger partial charge is 0.239 e. The lowest BCUT2D eigenvalue weighted by molar-refractivity contribution is -0.118. The number of nitriles is 1. The van der Waals surface area contributed by atoms with Crippen LogP contribution in [0.3, 0.4) is 0 Å². The van der Waals surface area contributed by atoms with Crippen LogP contribution < -0.4 is 5.73 Å². The molecule has 0 radical (unpaired) electrons. The molecule has 4 heteroatoms. The highest BCUT2D eigenvalue weighted by Crippen LogP contribution is 2.14. The first-order valence-electron chi connectivity index (χ1n) is 3.59. The van der Waals surface area contributed by atoms with Crippen molar-refractivity contribution in [1.82, 2.24) is 0 Å². The van der Waals surface area contributed by atoms with Crippen LogP contribution in [-0.2, 0) is 4.79 Å². The fraction of sp³-hybridized carbons (Fsp3) is 0.111. The van der Waals surface area contributed by atoms with Crippen molar-refractivity contribution in [2.75, 3.05) is 0 Å². The number of halogens is 1. The highest BCUT2D eigenvalue weighted by atomic mass is 19.1. The third-order valence-electron chi connectivity index (χ3n) is 1.62. The largest absolute Gasteiger partial charge is 0.368 e. The summed E-state index contributed by atoms with van der Waals surface area (Å²) < 4.78 is 12.5. The van der Waals surface area contributed by atoms with Gasteiger partial charge in [-0.15, -0.1) is 0 Å². The van der Waals surface area contributed by atoms with Gasteiger partial charge >= 0.3 is 0 Å². The summed E-state index contributed by atoms with van der Waals surface area (Å²) in [5, 5.41) is 8.57. The van der Waals surface area contributed by atoms with E-state index in [0.29, 0.717) is 5.56 Å². The van der Waals surface area contributed by atoms with E-state index in [2.05, 4.69) is 0 Å². The maximum atomic E-state index is 12.5. The molecule has 1 unspecified atom stereocenters. The number of carbonyl (C=O) groups excluding carboxylic acids is 1. The summed E-state index contributed by atoms with van der Waals surface area (Å²) in [6, 6.07) is 6.84. The molecule has 0 aromatic heterocycles. The van der Waals surface area contributed by atoms with E-state index in [1.54, 1.807) is 6.07 Å². The van der Waals surface area contributed by atoms with E-state index in [1.165, 1.54) is 24.3 Å². The number of benzene rings is 1. The van der Waals surface area contributed by atoms with E-state index in [1.807, 2.05) is 0 Å². The summed E-state index contributed by atoms with van der Waals surface area (Å²) in [6.45, 7) is 0. The van der Waals surface area contributed by atoms with Crippen LogP contribution in [0, 0.1) is 17.1 Å². The van der Waals surface area contributed by atoms with Crippen LogP contribution in [-0.4, -0.2) is 5.91 Å². The van der Waals surface area contributed by atoms with Gasteiger partial charge in [-0.1, -0.05) is 12.1 Å². The summed E-state index contributed by atoms with van der Waals surface area (Å²) >= 11 is 0. The Hall–Kier alpha value is -1.89. The molecule has 2 N–H and O–H groups in total. The molecule has 0 saturated carbocycles. The van der Waals surface area contributed by atoms with Crippen molar-refractivity contribution in [3.05, 3.63) is 35.6 Å². The van der Waals surface area contributed by atoms with Crippen LogP contribution in [0.2, 0.25) is 0 Å². The molecular formula is C9H7FN2O. The maximum absolute atomic E-state index is 12.5. The molecular weight excluding hydrogens is 171 g/mol. The monoisotopic (exact) mass is 178 g/mol. The molecule has 3 nitrogen and oxygen atoms in total. The SMILES string of the molecule is N#CC(C(N)=O)c1ccc(F)cc1. The van der Waals surface area contributed by atoms with Gasteiger partial charge in [-0.25, -0.2) is 4.39 Å². The highest BCUT2D eigenvalue weighted by Gasteiger charge is 2.16. The van der Waals surface area contributed by atoms with Crippen molar-refractivity contribution in [3.8, 4) is 6.07 Å². The van der Waals surface area contributed by atoms with E-state index in [9.17, 15) is 9.18 Å². The van der Waals surface area contributed by atoms with Gasteiger partial charge in [-0.05, 0) is 17.7 Å². The second-order valence-corrected chi connectivity index (χ2v) is 2.52. The fourth-order valence-corrected chi connectivity index (χ4v) is 0.958. The zero-order chi connectivity index (χ0) is 9.84. The molecule has 0 aliphatic carbocycles. The van der Waals surface area contributed by atoms with Crippen LogP contribution in [0.4, 0.5) is 4.39 Å². The minimum atomic E-state index is -0.999. The van der Waals surface area contributed by atoms with Crippen molar-refractivity contribution in [1.29, 1.82) is 5.26 Å². The number of hydrogen-bond donors (Lipinski definition) is 1. The third kappa shape index (κ3) is 2.03. The van der Waals surface area contributed by atoms with Gasteiger partial charge in [0.2, 0.25) is 5.91 Å². The van der Waals surface area contributed by atoms with Crippen LogP contribution in [0.15, 0.2) is 24.3 Å². The van der Waals surface area contributed by atoms with Gasteiger partial charge in [0, 0.05) is 0 Å². The Balaban J connectivity index is 3.01. The van der Waals surface area contributed by atoms with Crippen molar-refractivity contribution >= 4 is 5.91 Å². The zero-order valence-electron chi connectivity index (χ0n) is 6.70. The molecule has 0 heterocycles. The molecule has 1 aromatic rings. The predicted molar refractivity (Wildman–Crippen MR) is 43.9 cm³/mol. The lowest BCUT2D eigenvalue weighted by atomic mass is 10.0. The number of primary amides is 1. The first-order chi connectivity index (χ1) is 6.15. The molecule has 0 aliphatic heterocycles. The van der Waals surface area contributed by atoms with Gasteiger partial charge in [0.15, 0.2) is 0 Å². The summed E-state index contributed by atoms with van der Waals surface area (Å²) in [7, 11) is 0. The summed E-state index contributed by atoms with van der Waals surface area (Å²) in [5.74, 6) is -2.14. The van der Waals surface area contributed by atoms with Crippen LogP contribution in [0.25, 0.3) is 0 Å². The molecule has 0 saturated heterocycles. The van der Waals surface area contributed by atoms with E-state index in [-0.39, 0.29) is 0 Å². The zero-order valence-corrected chi connectivity index (χ0v) is 6.70. The lowest BCUT2D eigenvalue weighted by Gasteiger charge is -2.03. The number of nitrogens with two attached hydrogens (primary N) is 1. The fourth-order valence-electron chi connectivity index (χ4n) is 0.958. The molecule has 0 aliphatic rings. The van der Waals surface area contributed by atoms with E-state index in [0.717, 1.165) is 0 Å². The number of amides is 1. The first kappa shape index (κ1) is 9.20. The third-order valence-corrected chi connectivity index (χ3v) is 1.62. The van der Waals surface area contributed by atoms with Crippen LogP contribution in [0.5, 0.6) is 0 Å². The second kappa shape index (κ2) is 3.68. The first-order valence-corrected chi connectivity index (χ1v) is 3.59. The molecule has 1 amide bonds. The molecule has 0 bridgehead atoms. The molecule has 0 spiro atoms. The van der Waals surface area contributed by atoms with Crippen LogP contribution in [0.1, 0.15) is 11.5 Å². The van der Waals surface area contributed by atoms with Gasteiger partial charge < -0.3 is 5.73 Å². The molecule has 1 aromatic carbocycles. The van der Waals surface area contributed by atoms with Crippen molar-refractivity contribution in [2.24, 2.45) is 5.73 Å². The topological polar surface area (TPSA) is 66.9 Å². The number of rotatable bonds is 2. The van der Waals surface area contributed by atoms with Crippen LogP contribution >= 0.6 is 0 Å². The Morgan fingerprint density at radius 1 is 1.46 bits per heavy atom. The second-order valence-electron chi connectivity index (χ2n) is 2.52. The average Bonchev–Trinajstić information content (AvgIpc) is 2.09. The number of carbonyl (C=O) groups is 1. The Bertz CT molecular complexity index is 353. The summed E-state index contributed by atoms with van der Waals surface area (Å²) in [5.41, 5.74) is 5.38. The van der Waals surface area contributed by atoms with E-state index >= 15 is 0 Å². The average molecular weight is 178 g/mol. The minimum Gasteiger partial charge on any atom is -0.368 e. The van der Waals surface area contributed by atoms with E-state index < -0.39 is 17.6 Å². The Kier molecular flexibility index (Phi) is 2.60. The normalized spacial score (nSPS) is 11.7.